The second kappa shape index (κ2) is 5.66. The van der Waals surface area contributed by atoms with Crippen LogP contribution in [0.1, 0.15) is 18.5 Å². The molecule has 1 unspecified atom stereocenters. The Kier molecular flexibility index (Phi) is 3.84. The van der Waals surface area contributed by atoms with Gasteiger partial charge in [-0.1, -0.05) is 11.6 Å². The van der Waals surface area contributed by atoms with Crippen molar-refractivity contribution >= 4 is 34.9 Å². The van der Waals surface area contributed by atoms with Gasteiger partial charge in [0.25, 0.3) is 0 Å². The van der Waals surface area contributed by atoms with Crippen molar-refractivity contribution in [3.8, 4) is 11.5 Å². The van der Waals surface area contributed by atoms with Crippen LogP contribution < -0.4 is 20.1 Å². The lowest BCUT2D eigenvalue weighted by Gasteiger charge is -2.30. The van der Waals surface area contributed by atoms with Crippen LogP contribution in [0.2, 0.25) is 5.02 Å². The number of rotatable bonds is 2. The van der Waals surface area contributed by atoms with Crippen LogP contribution in [0.25, 0.3) is 0 Å². The van der Waals surface area contributed by atoms with E-state index in [4.69, 9.17) is 38.0 Å². The minimum absolute atomic E-state index is 0.145. The van der Waals surface area contributed by atoms with E-state index < -0.39 is 12.0 Å². The van der Waals surface area contributed by atoms with E-state index in [2.05, 4.69) is 10.6 Å². The quantitative estimate of drug-likeness (QED) is 0.630. The molecule has 22 heavy (non-hydrogen) atoms. The summed E-state index contributed by atoms with van der Waals surface area (Å²) in [6, 6.07) is 2.88. The van der Waals surface area contributed by atoms with Crippen molar-refractivity contribution < 1.29 is 19.0 Å². The number of carbonyl (C=O) groups excluding carboxylic acids is 1. The molecule has 0 bridgehead atoms. The van der Waals surface area contributed by atoms with Gasteiger partial charge in [0.2, 0.25) is 6.79 Å². The van der Waals surface area contributed by atoms with Crippen LogP contribution in [0.3, 0.4) is 0 Å². The van der Waals surface area contributed by atoms with Crippen molar-refractivity contribution in [3.63, 3.8) is 0 Å². The van der Waals surface area contributed by atoms with Crippen molar-refractivity contribution in [1.82, 2.24) is 10.6 Å². The van der Waals surface area contributed by atoms with Crippen molar-refractivity contribution in [2.24, 2.45) is 0 Å². The molecule has 0 spiro atoms. The summed E-state index contributed by atoms with van der Waals surface area (Å²) in [6.07, 6.45) is 0. The summed E-state index contributed by atoms with van der Waals surface area (Å²) in [5, 5.41) is 6.81. The summed E-state index contributed by atoms with van der Waals surface area (Å²) in [5.74, 6) is 0.692. The minimum Gasteiger partial charge on any atom is -0.466 e. The number of hydrogen-bond acceptors (Lipinski definition) is 5. The minimum atomic E-state index is -0.525. The summed E-state index contributed by atoms with van der Waals surface area (Å²) >= 11 is 11.5. The first kappa shape index (κ1) is 14.9. The van der Waals surface area contributed by atoms with E-state index in [1.54, 1.807) is 19.1 Å². The molecule has 0 saturated carbocycles. The van der Waals surface area contributed by atoms with E-state index in [0.717, 1.165) is 0 Å². The molecular formula is C14H13ClN2O4S. The summed E-state index contributed by atoms with van der Waals surface area (Å²) in [4.78, 5) is 12.1. The molecule has 6 nitrogen and oxygen atoms in total. The lowest BCUT2D eigenvalue weighted by Crippen LogP contribution is -2.45. The number of esters is 1. The highest BCUT2D eigenvalue weighted by Crippen LogP contribution is 2.41. The van der Waals surface area contributed by atoms with E-state index in [-0.39, 0.29) is 6.79 Å². The largest absolute Gasteiger partial charge is 0.466 e. The maximum absolute atomic E-state index is 12.1. The van der Waals surface area contributed by atoms with Crippen LogP contribution in [0, 0.1) is 0 Å². The molecule has 1 aromatic carbocycles. The molecule has 0 amide bonds. The van der Waals surface area contributed by atoms with Gasteiger partial charge in [0, 0.05) is 17.3 Å². The van der Waals surface area contributed by atoms with Crippen LogP contribution in [0.15, 0.2) is 23.4 Å². The molecule has 1 aromatic rings. The average molecular weight is 341 g/mol. The Bertz CT molecular complexity index is 704. The molecule has 0 radical (unpaired) electrons. The first-order chi connectivity index (χ1) is 10.5. The van der Waals surface area contributed by atoms with Gasteiger partial charge in [0.15, 0.2) is 16.6 Å². The lowest BCUT2D eigenvalue weighted by molar-refractivity contribution is -0.136. The summed E-state index contributed by atoms with van der Waals surface area (Å²) < 4.78 is 15.5. The number of methoxy groups -OCH3 is 1. The molecule has 0 aliphatic carbocycles. The number of carbonyl (C=O) groups is 1. The Morgan fingerprint density at radius 1 is 1.41 bits per heavy atom. The van der Waals surface area contributed by atoms with Crippen LogP contribution >= 0.6 is 23.8 Å². The standard InChI is InChI=1S/C14H13ClN2O4S/c1-6-11(13(18)19-2)12(17-14(22)16-6)7-3-9-10(4-8(7)15)21-5-20-9/h3-4,12H,5H2,1-2H3,(H2,16,17,22). The fourth-order valence-electron chi connectivity index (χ4n) is 2.46. The third-order valence-electron chi connectivity index (χ3n) is 3.48. The fraction of sp³-hybridized carbons (Fsp3) is 0.286. The van der Waals surface area contributed by atoms with Crippen molar-refractivity contribution in [2.75, 3.05) is 13.9 Å². The highest BCUT2D eigenvalue weighted by molar-refractivity contribution is 7.80. The maximum atomic E-state index is 12.1. The molecule has 8 heteroatoms. The second-order valence-electron chi connectivity index (χ2n) is 4.79. The van der Waals surface area contributed by atoms with Crippen LogP contribution in [0.4, 0.5) is 0 Å². The lowest BCUT2D eigenvalue weighted by atomic mass is 9.95. The number of benzene rings is 1. The monoisotopic (exact) mass is 340 g/mol. The SMILES string of the molecule is COC(=O)C1=C(C)NC(=S)NC1c1cc2c(cc1Cl)OCO2. The van der Waals surface area contributed by atoms with Gasteiger partial charge in [-0.25, -0.2) is 4.79 Å². The Morgan fingerprint density at radius 3 is 2.77 bits per heavy atom. The maximum Gasteiger partial charge on any atom is 0.337 e. The second-order valence-corrected chi connectivity index (χ2v) is 5.60. The number of thiocarbonyl (C=S) groups is 1. The molecule has 2 aliphatic heterocycles. The first-order valence-corrected chi connectivity index (χ1v) is 7.25. The summed E-state index contributed by atoms with van der Waals surface area (Å²) in [6.45, 7) is 1.90. The summed E-state index contributed by atoms with van der Waals surface area (Å²) in [7, 11) is 1.33. The van der Waals surface area contributed by atoms with E-state index in [0.29, 0.717) is 38.5 Å². The average Bonchev–Trinajstić information content (AvgIpc) is 2.91. The van der Waals surface area contributed by atoms with Crippen LogP contribution in [0.5, 0.6) is 11.5 Å². The molecule has 1 atom stereocenters. The number of halogens is 1. The smallest absolute Gasteiger partial charge is 0.337 e. The molecule has 116 valence electrons. The predicted molar refractivity (Wildman–Crippen MR) is 83.9 cm³/mol. The fourth-order valence-corrected chi connectivity index (χ4v) is 3.00. The third kappa shape index (κ3) is 2.46. The number of ether oxygens (including phenoxy) is 3. The van der Waals surface area contributed by atoms with Crippen molar-refractivity contribution in [2.45, 2.75) is 13.0 Å². The zero-order chi connectivity index (χ0) is 15.9. The van der Waals surface area contributed by atoms with Gasteiger partial charge in [0.1, 0.15) is 0 Å². The molecule has 0 aromatic heterocycles. The van der Waals surface area contributed by atoms with E-state index in [9.17, 15) is 4.79 Å². The van der Waals surface area contributed by atoms with Crippen molar-refractivity contribution in [1.29, 1.82) is 0 Å². The molecule has 2 N–H and O–H groups in total. The van der Waals surface area contributed by atoms with Gasteiger partial charge in [-0.2, -0.15) is 0 Å². The Morgan fingerprint density at radius 2 is 2.09 bits per heavy atom. The zero-order valence-electron chi connectivity index (χ0n) is 11.9. The van der Waals surface area contributed by atoms with Crippen LogP contribution in [-0.4, -0.2) is 25.0 Å². The number of allylic oxidation sites excluding steroid dienone is 1. The Balaban J connectivity index is 2.10. The number of fused-ring (bicyclic) bond motifs is 1. The molecule has 2 aliphatic rings. The van der Waals surface area contributed by atoms with Gasteiger partial charge in [-0.3, -0.25) is 0 Å². The topological polar surface area (TPSA) is 68.8 Å². The predicted octanol–water partition coefficient (Wildman–Crippen LogP) is 2.03. The Labute approximate surface area is 137 Å². The van der Waals surface area contributed by atoms with Gasteiger partial charge < -0.3 is 24.8 Å². The van der Waals surface area contributed by atoms with E-state index in [1.807, 2.05) is 0 Å². The van der Waals surface area contributed by atoms with Gasteiger partial charge in [0.05, 0.1) is 23.7 Å². The highest BCUT2D eigenvalue weighted by Gasteiger charge is 2.33. The molecule has 0 saturated heterocycles. The molecular weight excluding hydrogens is 328 g/mol. The molecule has 2 heterocycles. The van der Waals surface area contributed by atoms with E-state index >= 15 is 0 Å². The van der Waals surface area contributed by atoms with Crippen molar-refractivity contribution in [3.05, 3.63) is 34.0 Å². The molecule has 3 rings (SSSR count). The third-order valence-corrected chi connectivity index (χ3v) is 4.02. The van der Waals surface area contributed by atoms with Crippen LogP contribution in [-0.2, 0) is 9.53 Å². The van der Waals surface area contributed by atoms with Gasteiger partial charge in [-0.05, 0) is 25.2 Å². The zero-order valence-corrected chi connectivity index (χ0v) is 13.4. The normalized spacial score (nSPS) is 19.6. The van der Waals surface area contributed by atoms with Gasteiger partial charge in [-0.15, -0.1) is 0 Å². The number of nitrogens with one attached hydrogen (secondary N) is 2. The summed E-state index contributed by atoms with van der Waals surface area (Å²) in [5.41, 5.74) is 1.70. The van der Waals surface area contributed by atoms with E-state index in [1.165, 1.54) is 7.11 Å². The highest BCUT2D eigenvalue weighted by atomic mass is 35.5. The molecule has 0 fully saturated rings. The first-order valence-electron chi connectivity index (χ1n) is 6.47. The Hall–Kier alpha value is -1.99. The van der Waals surface area contributed by atoms with Gasteiger partial charge >= 0.3 is 5.97 Å². The number of hydrogen-bond donors (Lipinski definition) is 2.